The van der Waals surface area contributed by atoms with Gasteiger partial charge in [-0.3, -0.25) is 4.79 Å². The van der Waals surface area contributed by atoms with Crippen molar-refractivity contribution < 1.29 is 29.2 Å². The Morgan fingerprint density at radius 3 is 2.84 bits per heavy atom. The number of carbonyl (C=O) groups excluding carboxylic acids is 1. The molecule has 1 aromatic heterocycles. The highest BCUT2D eigenvalue weighted by atomic mass is 32.1. The molecule has 1 aliphatic rings. The minimum absolute atomic E-state index is 0.251. The van der Waals surface area contributed by atoms with E-state index < -0.39 is 24.5 Å². The minimum atomic E-state index is -1.19. The lowest BCUT2D eigenvalue weighted by Gasteiger charge is -2.15. The number of esters is 1. The maximum Gasteiger partial charge on any atom is 0.308 e. The van der Waals surface area contributed by atoms with Gasteiger partial charge in [-0.25, -0.2) is 0 Å². The number of hydrogen-bond donors (Lipinski definition) is 2. The molecular weight excluding hydrogens is 272 g/mol. The van der Waals surface area contributed by atoms with Gasteiger partial charge >= 0.3 is 5.97 Å². The fourth-order valence-electron chi connectivity index (χ4n) is 1.76. The van der Waals surface area contributed by atoms with Crippen molar-refractivity contribution in [1.82, 2.24) is 0 Å². The summed E-state index contributed by atoms with van der Waals surface area (Å²) >= 11 is 1.38. The summed E-state index contributed by atoms with van der Waals surface area (Å²) in [4.78, 5) is 11.9. The number of methoxy groups -OCH3 is 1. The van der Waals surface area contributed by atoms with E-state index in [0.717, 1.165) is 4.88 Å². The van der Waals surface area contributed by atoms with Crippen molar-refractivity contribution in [3.63, 3.8) is 0 Å². The van der Waals surface area contributed by atoms with E-state index in [2.05, 4.69) is 4.74 Å². The molecule has 2 rings (SSSR count). The fraction of sp³-hybridized carbons (Fsp3) is 0.583. The summed E-state index contributed by atoms with van der Waals surface area (Å²) < 4.78 is 15.1. The van der Waals surface area contributed by atoms with E-state index in [9.17, 15) is 15.0 Å². The number of aliphatic hydroxyl groups is 2. The highest BCUT2D eigenvalue weighted by Gasteiger charge is 2.25. The van der Waals surface area contributed by atoms with Gasteiger partial charge in [0, 0.05) is 0 Å². The van der Waals surface area contributed by atoms with Crippen LogP contribution in [-0.2, 0) is 19.0 Å². The molecule has 0 bridgehead atoms. The van der Waals surface area contributed by atoms with Crippen LogP contribution < -0.4 is 0 Å². The first-order valence-electron chi connectivity index (χ1n) is 5.86. The van der Waals surface area contributed by atoms with Crippen molar-refractivity contribution in [3.8, 4) is 0 Å². The van der Waals surface area contributed by atoms with Gasteiger partial charge in [-0.05, 0) is 17.0 Å². The van der Waals surface area contributed by atoms with Gasteiger partial charge in [-0.15, -0.1) is 11.3 Å². The highest BCUT2D eigenvalue weighted by molar-refractivity contribution is 7.10. The van der Waals surface area contributed by atoms with Crippen molar-refractivity contribution in [3.05, 3.63) is 21.9 Å². The Balaban J connectivity index is 1.98. The first-order chi connectivity index (χ1) is 9.11. The first kappa shape index (κ1) is 14.4. The maximum atomic E-state index is 11.0. The topological polar surface area (TPSA) is 85.2 Å². The molecule has 19 heavy (non-hydrogen) atoms. The Bertz CT molecular complexity index is 426. The van der Waals surface area contributed by atoms with E-state index in [-0.39, 0.29) is 6.42 Å². The molecule has 1 aliphatic heterocycles. The van der Waals surface area contributed by atoms with Crippen LogP contribution in [0.3, 0.4) is 0 Å². The predicted molar refractivity (Wildman–Crippen MR) is 66.6 cm³/mol. The average molecular weight is 288 g/mol. The van der Waals surface area contributed by atoms with E-state index in [1.807, 2.05) is 0 Å². The Labute approximate surface area is 114 Å². The zero-order valence-electron chi connectivity index (χ0n) is 10.4. The summed E-state index contributed by atoms with van der Waals surface area (Å²) in [6.45, 7) is 1.09. The molecule has 0 aromatic carbocycles. The normalized spacial score (nSPS) is 19.3. The van der Waals surface area contributed by atoms with Crippen molar-refractivity contribution in [2.45, 2.75) is 24.9 Å². The Morgan fingerprint density at radius 2 is 2.21 bits per heavy atom. The standard InChI is InChI=1S/C12H16O6S/c1-16-10(14)5-8(13)11(15)7-4-9(19-6-7)12-17-2-3-18-12/h4,6,8,11-13,15H,2-3,5H2,1H3. The molecule has 2 unspecified atom stereocenters. The Morgan fingerprint density at radius 1 is 1.53 bits per heavy atom. The molecule has 7 heteroatoms. The van der Waals surface area contributed by atoms with Crippen LogP contribution in [0.25, 0.3) is 0 Å². The second-order valence-corrected chi connectivity index (χ2v) is 5.09. The molecular formula is C12H16O6S. The van der Waals surface area contributed by atoms with Gasteiger partial charge in [0.15, 0.2) is 6.29 Å². The predicted octanol–water partition coefficient (Wildman–Crippen LogP) is 0.751. The third-order valence-electron chi connectivity index (χ3n) is 2.80. The quantitative estimate of drug-likeness (QED) is 0.778. The molecule has 0 radical (unpaired) electrons. The van der Waals surface area contributed by atoms with Crippen molar-refractivity contribution in [1.29, 1.82) is 0 Å². The lowest BCUT2D eigenvalue weighted by molar-refractivity contribution is -0.144. The lowest BCUT2D eigenvalue weighted by atomic mass is 10.0. The summed E-state index contributed by atoms with van der Waals surface area (Å²) in [6.07, 6.45) is -2.98. The molecule has 0 saturated carbocycles. The Hall–Kier alpha value is -0.990. The molecule has 106 valence electrons. The molecule has 6 nitrogen and oxygen atoms in total. The van der Waals surface area contributed by atoms with Gasteiger partial charge in [0.1, 0.15) is 6.10 Å². The van der Waals surface area contributed by atoms with E-state index in [1.54, 1.807) is 11.4 Å². The van der Waals surface area contributed by atoms with Gasteiger partial charge in [-0.1, -0.05) is 0 Å². The van der Waals surface area contributed by atoms with Crippen molar-refractivity contribution in [2.75, 3.05) is 20.3 Å². The number of thiophene rings is 1. The molecule has 1 fully saturated rings. The summed E-state index contributed by atoms with van der Waals surface area (Å²) in [6, 6.07) is 1.71. The van der Waals surface area contributed by atoms with Crippen molar-refractivity contribution >= 4 is 17.3 Å². The summed E-state index contributed by atoms with van der Waals surface area (Å²) in [5.74, 6) is -0.565. The van der Waals surface area contributed by atoms with Crippen LogP contribution in [0.4, 0.5) is 0 Å². The summed E-state index contributed by atoms with van der Waals surface area (Å²) in [5.41, 5.74) is 0.538. The van der Waals surface area contributed by atoms with Gasteiger partial charge < -0.3 is 24.4 Å². The van der Waals surface area contributed by atoms with Gasteiger partial charge in [0.25, 0.3) is 0 Å². The van der Waals surface area contributed by atoms with Crippen LogP contribution >= 0.6 is 11.3 Å². The third kappa shape index (κ3) is 3.52. The molecule has 0 amide bonds. The third-order valence-corrected chi connectivity index (χ3v) is 3.78. The van der Waals surface area contributed by atoms with Gasteiger partial charge in [-0.2, -0.15) is 0 Å². The summed E-state index contributed by atoms with van der Waals surface area (Å²) in [5, 5.41) is 21.4. The number of aliphatic hydroxyl groups excluding tert-OH is 2. The fourth-order valence-corrected chi connectivity index (χ4v) is 2.69. The van der Waals surface area contributed by atoms with Crippen LogP contribution in [-0.4, -0.2) is 42.6 Å². The monoisotopic (exact) mass is 288 g/mol. The first-order valence-corrected chi connectivity index (χ1v) is 6.74. The summed E-state index contributed by atoms with van der Waals surface area (Å²) in [7, 11) is 1.24. The SMILES string of the molecule is COC(=O)CC(O)C(O)c1csc(C2OCCO2)c1. The number of rotatable bonds is 5. The van der Waals surface area contributed by atoms with Crippen LogP contribution in [0, 0.1) is 0 Å². The lowest BCUT2D eigenvalue weighted by Crippen LogP contribution is -2.22. The van der Waals surface area contributed by atoms with Crippen LogP contribution in [0.15, 0.2) is 11.4 Å². The molecule has 1 aromatic rings. The molecule has 0 aliphatic carbocycles. The van der Waals surface area contributed by atoms with E-state index >= 15 is 0 Å². The molecule has 2 N–H and O–H groups in total. The van der Waals surface area contributed by atoms with Crippen LogP contribution in [0.2, 0.25) is 0 Å². The van der Waals surface area contributed by atoms with Crippen molar-refractivity contribution in [2.24, 2.45) is 0 Å². The largest absolute Gasteiger partial charge is 0.469 e. The molecule has 0 spiro atoms. The van der Waals surface area contributed by atoms with Gasteiger partial charge in [0.2, 0.25) is 0 Å². The zero-order valence-corrected chi connectivity index (χ0v) is 11.3. The molecule has 2 heterocycles. The van der Waals surface area contributed by atoms with E-state index in [0.29, 0.717) is 18.8 Å². The second-order valence-electron chi connectivity index (χ2n) is 4.15. The number of hydrogen-bond acceptors (Lipinski definition) is 7. The van der Waals surface area contributed by atoms with E-state index in [1.165, 1.54) is 18.4 Å². The smallest absolute Gasteiger partial charge is 0.308 e. The minimum Gasteiger partial charge on any atom is -0.469 e. The molecule has 2 atom stereocenters. The number of carbonyl (C=O) groups is 1. The van der Waals surface area contributed by atoms with Gasteiger partial charge in [0.05, 0.1) is 37.7 Å². The zero-order chi connectivity index (χ0) is 13.8. The van der Waals surface area contributed by atoms with E-state index in [4.69, 9.17) is 9.47 Å². The molecule has 1 saturated heterocycles. The maximum absolute atomic E-state index is 11.0. The Kier molecular flexibility index (Phi) is 4.89. The van der Waals surface area contributed by atoms with Crippen LogP contribution in [0.1, 0.15) is 29.3 Å². The average Bonchev–Trinajstić information content (AvgIpc) is 3.07. The second kappa shape index (κ2) is 6.44. The van der Waals surface area contributed by atoms with Crippen LogP contribution in [0.5, 0.6) is 0 Å². The highest BCUT2D eigenvalue weighted by Crippen LogP contribution is 2.32. The number of ether oxygens (including phenoxy) is 3.